The summed E-state index contributed by atoms with van der Waals surface area (Å²) >= 11 is -0.0640. The van der Waals surface area contributed by atoms with Crippen molar-refractivity contribution in [3.05, 3.63) is 12.3 Å². The van der Waals surface area contributed by atoms with Crippen molar-refractivity contribution in [2.75, 3.05) is 11.5 Å². The van der Waals surface area contributed by atoms with E-state index in [0.717, 1.165) is 0 Å². The van der Waals surface area contributed by atoms with Gasteiger partial charge >= 0.3 is 5.51 Å². The molecule has 0 spiro atoms. The number of nitrogens with zero attached hydrogens (tertiary/aromatic N) is 2. The molecule has 0 saturated heterocycles. The lowest BCUT2D eigenvalue weighted by atomic mass is 10.7. The molecule has 0 radical (unpaired) electrons. The molecule has 0 atom stereocenters. The monoisotopic (exact) mass is 211 g/mol. The fraction of sp³-hybridized carbons (Fsp3) is 0.500. The molecule has 0 aromatic carbocycles. The topological polar surface area (TPSA) is 43.8 Å². The van der Waals surface area contributed by atoms with Crippen LogP contribution in [-0.4, -0.2) is 21.0 Å². The molecule has 0 saturated carbocycles. The van der Waals surface area contributed by atoms with Crippen molar-refractivity contribution < 1.29 is 13.2 Å². The summed E-state index contributed by atoms with van der Waals surface area (Å²) in [6, 6.07) is 1.54. The molecule has 1 aromatic heterocycles. The van der Waals surface area contributed by atoms with Crippen LogP contribution in [0.3, 0.4) is 0 Å². The van der Waals surface area contributed by atoms with Crippen molar-refractivity contribution in [1.82, 2.24) is 9.78 Å². The van der Waals surface area contributed by atoms with E-state index in [9.17, 15) is 13.2 Å². The number of rotatable bonds is 3. The molecule has 74 valence electrons. The van der Waals surface area contributed by atoms with Crippen molar-refractivity contribution >= 4 is 17.6 Å². The van der Waals surface area contributed by atoms with Gasteiger partial charge in [0.15, 0.2) is 0 Å². The fourth-order valence-corrected chi connectivity index (χ4v) is 1.27. The molecule has 1 aromatic rings. The third-order valence-corrected chi connectivity index (χ3v) is 1.96. The predicted octanol–water partition coefficient (Wildman–Crippen LogP) is 1.72. The number of alkyl halides is 3. The van der Waals surface area contributed by atoms with Crippen molar-refractivity contribution in [2.45, 2.75) is 12.1 Å². The minimum atomic E-state index is -4.17. The maximum absolute atomic E-state index is 11.7. The van der Waals surface area contributed by atoms with Crippen LogP contribution in [0.2, 0.25) is 0 Å². The molecule has 0 bridgehead atoms. The molecule has 0 aliphatic heterocycles. The minimum Gasteiger partial charge on any atom is -0.382 e. The molecule has 3 nitrogen and oxygen atoms in total. The van der Waals surface area contributed by atoms with Gasteiger partial charge in [0.05, 0.1) is 6.54 Å². The third-order valence-electron chi connectivity index (χ3n) is 1.25. The number of nitrogen functional groups attached to an aromatic ring is 1. The molecular formula is C6H8F3N3S. The summed E-state index contributed by atoms with van der Waals surface area (Å²) in [5, 5.41) is 3.74. The largest absolute Gasteiger partial charge is 0.441 e. The lowest BCUT2D eigenvalue weighted by Crippen LogP contribution is -2.07. The summed E-state index contributed by atoms with van der Waals surface area (Å²) < 4.78 is 36.4. The minimum absolute atomic E-state index is 0.0510. The third kappa shape index (κ3) is 4.07. The Morgan fingerprint density at radius 3 is 2.69 bits per heavy atom. The molecule has 0 fully saturated rings. The van der Waals surface area contributed by atoms with Gasteiger partial charge in [-0.25, -0.2) is 0 Å². The number of aryl methyl sites for hydroxylation is 1. The molecular weight excluding hydrogens is 203 g/mol. The van der Waals surface area contributed by atoms with Crippen molar-refractivity contribution in [3.63, 3.8) is 0 Å². The maximum Gasteiger partial charge on any atom is 0.441 e. The van der Waals surface area contributed by atoms with Crippen LogP contribution >= 0.6 is 11.8 Å². The van der Waals surface area contributed by atoms with Gasteiger partial charge in [-0.3, -0.25) is 4.68 Å². The fourth-order valence-electron chi connectivity index (χ4n) is 0.757. The molecule has 0 aliphatic carbocycles. The average molecular weight is 211 g/mol. The van der Waals surface area contributed by atoms with Crippen LogP contribution in [0.15, 0.2) is 12.3 Å². The van der Waals surface area contributed by atoms with E-state index < -0.39 is 5.51 Å². The van der Waals surface area contributed by atoms with E-state index >= 15 is 0 Å². The zero-order chi connectivity index (χ0) is 9.90. The van der Waals surface area contributed by atoms with E-state index in [1.165, 1.54) is 10.7 Å². The highest BCUT2D eigenvalue weighted by Gasteiger charge is 2.27. The maximum atomic E-state index is 11.7. The van der Waals surface area contributed by atoms with Crippen LogP contribution in [-0.2, 0) is 6.54 Å². The van der Waals surface area contributed by atoms with Crippen molar-refractivity contribution in [3.8, 4) is 0 Å². The molecule has 7 heteroatoms. The van der Waals surface area contributed by atoms with Gasteiger partial charge in [0.25, 0.3) is 0 Å². The normalized spacial score (nSPS) is 11.9. The molecule has 1 heterocycles. The Morgan fingerprint density at radius 2 is 2.23 bits per heavy atom. The Kier molecular flexibility index (Phi) is 3.07. The van der Waals surface area contributed by atoms with Gasteiger partial charge in [0.1, 0.15) is 5.82 Å². The van der Waals surface area contributed by atoms with Crippen LogP contribution in [0.5, 0.6) is 0 Å². The SMILES string of the molecule is Nc1ccn(CCSC(F)(F)F)n1. The van der Waals surface area contributed by atoms with Crippen molar-refractivity contribution in [2.24, 2.45) is 0 Å². The first-order valence-electron chi connectivity index (χ1n) is 3.47. The molecule has 1 rings (SSSR count). The van der Waals surface area contributed by atoms with Crippen LogP contribution in [0.25, 0.3) is 0 Å². The zero-order valence-corrected chi connectivity index (χ0v) is 7.40. The standard InChI is InChI=1S/C6H8F3N3S/c7-6(8,9)13-4-3-12-2-1-5(10)11-12/h1-2H,3-4H2,(H2,10,11). The number of aromatic nitrogens is 2. The van der Waals surface area contributed by atoms with Gasteiger partial charge in [0, 0.05) is 11.9 Å². The van der Waals surface area contributed by atoms with E-state index in [0.29, 0.717) is 5.82 Å². The van der Waals surface area contributed by atoms with Crippen LogP contribution in [0.1, 0.15) is 0 Å². The van der Waals surface area contributed by atoms with Crippen LogP contribution < -0.4 is 5.73 Å². The first-order chi connectivity index (χ1) is 5.97. The first-order valence-corrected chi connectivity index (χ1v) is 4.45. The van der Waals surface area contributed by atoms with Gasteiger partial charge in [0.2, 0.25) is 0 Å². The highest BCUT2D eigenvalue weighted by Crippen LogP contribution is 2.29. The Morgan fingerprint density at radius 1 is 1.54 bits per heavy atom. The van der Waals surface area contributed by atoms with E-state index in [-0.39, 0.29) is 24.1 Å². The quantitative estimate of drug-likeness (QED) is 0.827. The van der Waals surface area contributed by atoms with E-state index in [4.69, 9.17) is 5.73 Å². The highest BCUT2D eigenvalue weighted by molar-refractivity contribution is 8.00. The van der Waals surface area contributed by atoms with E-state index in [1.807, 2.05) is 0 Å². The van der Waals surface area contributed by atoms with Gasteiger partial charge in [-0.2, -0.15) is 18.3 Å². The Hall–Kier alpha value is -0.850. The number of nitrogens with two attached hydrogens (primary N) is 1. The van der Waals surface area contributed by atoms with Gasteiger partial charge in [-0.05, 0) is 17.8 Å². The zero-order valence-electron chi connectivity index (χ0n) is 6.58. The van der Waals surface area contributed by atoms with Gasteiger partial charge < -0.3 is 5.73 Å². The summed E-state index contributed by atoms with van der Waals surface area (Å²) in [6.07, 6.45) is 1.55. The second-order valence-corrected chi connectivity index (χ2v) is 3.46. The second kappa shape index (κ2) is 3.91. The lowest BCUT2D eigenvalue weighted by molar-refractivity contribution is -0.0328. The summed E-state index contributed by atoms with van der Waals surface area (Å²) in [7, 11) is 0. The van der Waals surface area contributed by atoms with E-state index in [2.05, 4.69) is 5.10 Å². The van der Waals surface area contributed by atoms with Crippen molar-refractivity contribution in [1.29, 1.82) is 0 Å². The Labute approximate surface area is 77.1 Å². The summed E-state index contributed by atoms with van der Waals surface area (Å²) in [4.78, 5) is 0. The van der Waals surface area contributed by atoms with Crippen LogP contribution in [0.4, 0.5) is 19.0 Å². The molecule has 0 amide bonds. The second-order valence-electron chi connectivity index (χ2n) is 2.30. The predicted molar refractivity (Wildman–Crippen MR) is 45.2 cm³/mol. The number of hydrogen-bond donors (Lipinski definition) is 1. The number of hydrogen-bond acceptors (Lipinski definition) is 3. The number of thioether (sulfide) groups is 1. The summed E-state index contributed by atoms with van der Waals surface area (Å²) in [5.74, 6) is 0.266. The van der Waals surface area contributed by atoms with E-state index in [1.54, 1.807) is 6.20 Å². The Balaban J connectivity index is 2.28. The molecule has 0 unspecified atom stereocenters. The molecule has 13 heavy (non-hydrogen) atoms. The summed E-state index contributed by atoms with van der Waals surface area (Å²) in [6.45, 7) is 0.210. The number of anilines is 1. The summed E-state index contributed by atoms with van der Waals surface area (Å²) in [5.41, 5.74) is 1.11. The first kappa shape index (κ1) is 10.2. The van der Waals surface area contributed by atoms with Crippen LogP contribution in [0, 0.1) is 0 Å². The average Bonchev–Trinajstić information content (AvgIpc) is 2.33. The van der Waals surface area contributed by atoms with Gasteiger partial charge in [-0.1, -0.05) is 0 Å². The molecule has 0 aliphatic rings. The lowest BCUT2D eigenvalue weighted by Gasteiger charge is -2.04. The smallest absolute Gasteiger partial charge is 0.382 e. The molecule has 2 N–H and O–H groups in total. The number of halogens is 3. The Bertz CT molecular complexity index is 270. The highest BCUT2D eigenvalue weighted by atomic mass is 32.2. The van der Waals surface area contributed by atoms with Gasteiger partial charge in [-0.15, -0.1) is 0 Å².